The lowest BCUT2D eigenvalue weighted by atomic mass is 9.76. The Labute approximate surface area is 108 Å². The van der Waals surface area contributed by atoms with E-state index in [1.807, 2.05) is 6.92 Å². The van der Waals surface area contributed by atoms with Gasteiger partial charge in [-0.3, -0.25) is 0 Å². The molecule has 0 radical (unpaired) electrons. The second kappa shape index (κ2) is 6.29. The van der Waals surface area contributed by atoms with Gasteiger partial charge in [0.2, 0.25) is 5.89 Å². The Hall–Kier alpha value is -0.940. The third-order valence-electron chi connectivity index (χ3n) is 3.83. The first-order valence-electron chi connectivity index (χ1n) is 6.92. The van der Waals surface area contributed by atoms with Crippen LogP contribution in [-0.2, 0) is 16.6 Å². The molecule has 0 spiro atoms. The Morgan fingerprint density at radius 1 is 1.33 bits per heavy atom. The van der Waals surface area contributed by atoms with Crippen LogP contribution < -0.4 is 5.32 Å². The molecule has 0 atom stereocenters. The number of nitrogens with one attached hydrogen (secondary N) is 1. The minimum atomic E-state index is 0.0854. The lowest BCUT2D eigenvalue weighted by Gasteiger charge is -2.33. The number of aromatic nitrogens is 2. The fraction of sp³-hybridized carbons (Fsp3) is 0.846. The second-order valence-corrected chi connectivity index (χ2v) is 4.85. The van der Waals surface area contributed by atoms with E-state index in [2.05, 4.69) is 22.4 Å². The van der Waals surface area contributed by atoms with Gasteiger partial charge in [0.1, 0.15) is 0 Å². The molecule has 102 valence electrons. The van der Waals surface area contributed by atoms with E-state index < -0.39 is 0 Å². The summed E-state index contributed by atoms with van der Waals surface area (Å²) in [4.78, 5) is 4.56. The molecule has 0 bridgehead atoms. The van der Waals surface area contributed by atoms with Crippen molar-refractivity contribution < 1.29 is 9.26 Å². The Kier molecular flexibility index (Phi) is 4.72. The Morgan fingerprint density at radius 3 is 2.78 bits per heavy atom. The van der Waals surface area contributed by atoms with Gasteiger partial charge in [-0.2, -0.15) is 4.98 Å². The molecule has 1 aromatic rings. The first-order valence-corrected chi connectivity index (χ1v) is 6.92. The van der Waals surface area contributed by atoms with E-state index in [4.69, 9.17) is 9.26 Å². The minimum absolute atomic E-state index is 0.0854. The molecular formula is C13H23N3O2. The van der Waals surface area contributed by atoms with Gasteiger partial charge in [0, 0.05) is 13.0 Å². The highest BCUT2D eigenvalue weighted by Crippen LogP contribution is 2.35. The van der Waals surface area contributed by atoms with Gasteiger partial charge in [-0.05, 0) is 39.3 Å². The van der Waals surface area contributed by atoms with Crippen LogP contribution in [0.15, 0.2) is 4.52 Å². The van der Waals surface area contributed by atoms with Crippen LogP contribution in [0.3, 0.4) is 0 Å². The zero-order valence-electron chi connectivity index (χ0n) is 11.4. The average Bonchev–Trinajstić information content (AvgIpc) is 2.89. The highest BCUT2D eigenvalue weighted by Gasteiger charge is 2.37. The molecule has 1 fully saturated rings. The van der Waals surface area contributed by atoms with Crippen LogP contribution in [0.4, 0.5) is 0 Å². The average molecular weight is 253 g/mol. The first-order chi connectivity index (χ1) is 8.80. The molecule has 5 nitrogen and oxygen atoms in total. The van der Waals surface area contributed by atoms with Gasteiger partial charge in [-0.15, -0.1) is 0 Å². The molecule has 1 aliphatic rings. The molecule has 1 N–H and O–H groups in total. The summed E-state index contributed by atoms with van der Waals surface area (Å²) in [6.45, 7) is 7.65. The smallest absolute Gasteiger partial charge is 0.232 e. The number of hydrogen-bond donors (Lipinski definition) is 1. The van der Waals surface area contributed by atoms with Crippen LogP contribution in [-0.4, -0.2) is 36.4 Å². The lowest BCUT2D eigenvalue weighted by molar-refractivity contribution is 0.149. The van der Waals surface area contributed by atoms with E-state index in [0.29, 0.717) is 6.61 Å². The van der Waals surface area contributed by atoms with Crippen LogP contribution in [0.5, 0.6) is 0 Å². The largest absolute Gasteiger partial charge is 0.381 e. The van der Waals surface area contributed by atoms with Crippen LogP contribution in [0, 0.1) is 0 Å². The second-order valence-electron chi connectivity index (χ2n) is 4.85. The van der Waals surface area contributed by atoms with E-state index in [1.54, 1.807) is 0 Å². The van der Waals surface area contributed by atoms with Crippen molar-refractivity contribution in [1.29, 1.82) is 0 Å². The zero-order chi connectivity index (χ0) is 12.8. The molecule has 2 rings (SSSR count). The van der Waals surface area contributed by atoms with E-state index in [9.17, 15) is 0 Å². The summed E-state index contributed by atoms with van der Waals surface area (Å²) in [5.74, 6) is 1.59. The monoisotopic (exact) mass is 253 g/mol. The van der Waals surface area contributed by atoms with E-state index in [-0.39, 0.29) is 5.41 Å². The number of nitrogens with zero attached hydrogens (tertiary/aromatic N) is 2. The van der Waals surface area contributed by atoms with Crippen LogP contribution in [0.2, 0.25) is 0 Å². The van der Waals surface area contributed by atoms with E-state index in [1.165, 1.54) is 0 Å². The molecular weight excluding hydrogens is 230 g/mol. The first kappa shape index (κ1) is 13.5. The molecule has 5 heteroatoms. The summed E-state index contributed by atoms with van der Waals surface area (Å²) in [7, 11) is 0. The van der Waals surface area contributed by atoms with Crippen molar-refractivity contribution >= 4 is 0 Å². The molecule has 2 heterocycles. The Bertz CT molecular complexity index is 359. The van der Waals surface area contributed by atoms with Crippen molar-refractivity contribution in [2.75, 3.05) is 26.3 Å². The fourth-order valence-corrected chi connectivity index (χ4v) is 2.50. The van der Waals surface area contributed by atoms with Gasteiger partial charge in [-0.25, -0.2) is 0 Å². The van der Waals surface area contributed by atoms with Crippen molar-refractivity contribution in [2.45, 2.75) is 44.9 Å². The van der Waals surface area contributed by atoms with E-state index >= 15 is 0 Å². The van der Waals surface area contributed by atoms with Crippen molar-refractivity contribution in [3.63, 3.8) is 0 Å². The van der Waals surface area contributed by atoms with Crippen molar-refractivity contribution in [2.24, 2.45) is 0 Å². The molecule has 0 saturated carbocycles. The van der Waals surface area contributed by atoms with Crippen molar-refractivity contribution in [3.05, 3.63) is 11.7 Å². The predicted molar refractivity (Wildman–Crippen MR) is 68.6 cm³/mol. The molecule has 1 saturated heterocycles. The quantitative estimate of drug-likeness (QED) is 0.782. The van der Waals surface area contributed by atoms with Crippen LogP contribution >= 0.6 is 0 Å². The maximum Gasteiger partial charge on any atom is 0.232 e. The number of ether oxygens (including phenoxy) is 1. The molecule has 0 aromatic carbocycles. The van der Waals surface area contributed by atoms with Gasteiger partial charge < -0.3 is 14.6 Å². The van der Waals surface area contributed by atoms with Gasteiger partial charge in [0.25, 0.3) is 0 Å². The number of rotatable bonds is 6. The Morgan fingerprint density at radius 2 is 2.11 bits per heavy atom. The SMILES string of the molecule is CCOCCc1noc(C2(CC)CCNCC2)n1. The summed E-state index contributed by atoms with van der Waals surface area (Å²) in [6, 6.07) is 0. The fourth-order valence-electron chi connectivity index (χ4n) is 2.50. The zero-order valence-corrected chi connectivity index (χ0v) is 11.4. The molecule has 0 aliphatic carbocycles. The summed E-state index contributed by atoms with van der Waals surface area (Å²) in [5, 5.41) is 7.45. The summed E-state index contributed by atoms with van der Waals surface area (Å²) in [5.41, 5.74) is 0.0854. The van der Waals surface area contributed by atoms with Gasteiger partial charge >= 0.3 is 0 Å². The molecule has 0 amide bonds. The number of piperidine rings is 1. The molecule has 1 aromatic heterocycles. The summed E-state index contributed by atoms with van der Waals surface area (Å²) < 4.78 is 10.8. The lowest BCUT2D eigenvalue weighted by Crippen LogP contribution is -2.39. The summed E-state index contributed by atoms with van der Waals surface area (Å²) >= 11 is 0. The van der Waals surface area contributed by atoms with E-state index in [0.717, 1.165) is 57.1 Å². The topological polar surface area (TPSA) is 60.2 Å². The highest BCUT2D eigenvalue weighted by molar-refractivity contribution is 5.07. The standard InChI is InChI=1S/C13H23N3O2/c1-3-13(6-8-14-9-7-13)12-15-11(16-18-12)5-10-17-4-2/h14H,3-10H2,1-2H3. The predicted octanol–water partition coefficient (Wildman–Crippen LogP) is 1.68. The minimum Gasteiger partial charge on any atom is -0.381 e. The summed E-state index contributed by atoms with van der Waals surface area (Å²) in [6.07, 6.45) is 3.95. The third kappa shape index (κ3) is 2.90. The van der Waals surface area contributed by atoms with Crippen molar-refractivity contribution in [1.82, 2.24) is 15.5 Å². The molecule has 18 heavy (non-hydrogen) atoms. The van der Waals surface area contributed by atoms with Crippen molar-refractivity contribution in [3.8, 4) is 0 Å². The third-order valence-corrected chi connectivity index (χ3v) is 3.83. The molecule has 1 aliphatic heterocycles. The van der Waals surface area contributed by atoms with Gasteiger partial charge in [-0.1, -0.05) is 12.1 Å². The normalized spacial score (nSPS) is 19.0. The Balaban J connectivity index is 2.02. The van der Waals surface area contributed by atoms with Crippen LogP contribution in [0.25, 0.3) is 0 Å². The number of hydrogen-bond acceptors (Lipinski definition) is 5. The molecule has 0 unspecified atom stereocenters. The maximum absolute atomic E-state index is 5.48. The maximum atomic E-state index is 5.48. The van der Waals surface area contributed by atoms with Crippen LogP contribution in [0.1, 0.15) is 44.8 Å². The van der Waals surface area contributed by atoms with Gasteiger partial charge in [0.05, 0.1) is 12.0 Å². The van der Waals surface area contributed by atoms with Gasteiger partial charge in [0.15, 0.2) is 5.82 Å². The highest BCUT2D eigenvalue weighted by atomic mass is 16.5.